The first-order chi connectivity index (χ1) is 9.61. The molecule has 1 fully saturated rings. The van der Waals surface area contributed by atoms with E-state index in [1.807, 2.05) is 20.8 Å². The van der Waals surface area contributed by atoms with Crippen LogP contribution in [0.25, 0.3) is 0 Å². The molecule has 3 amide bonds. The number of carbonyl (C=O) groups is 3. The van der Waals surface area contributed by atoms with Crippen LogP contribution in [0.15, 0.2) is 0 Å². The molecule has 0 radical (unpaired) electrons. The molecule has 0 aromatic rings. The minimum atomic E-state index is -0.953. The summed E-state index contributed by atoms with van der Waals surface area (Å²) in [6, 6.07) is -0.0820. The van der Waals surface area contributed by atoms with Gasteiger partial charge in [0.1, 0.15) is 6.54 Å². The maximum Gasteiger partial charge on any atom is 0.320 e. The summed E-state index contributed by atoms with van der Waals surface area (Å²) < 4.78 is 0. The fourth-order valence-corrected chi connectivity index (χ4v) is 1.92. The molecule has 1 rings (SSSR count). The van der Waals surface area contributed by atoms with Crippen molar-refractivity contribution in [2.45, 2.75) is 51.6 Å². The molecule has 0 spiro atoms. The lowest BCUT2D eigenvalue weighted by atomic mass is 10.1. The molecule has 0 atom stereocenters. The zero-order chi connectivity index (χ0) is 16.2. The molecule has 0 saturated heterocycles. The average molecular weight is 299 g/mol. The zero-order valence-corrected chi connectivity index (χ0v) is 13.2. The van der Waals surface area contributed by atoms with Crippen molar-refractivity contribution in [2.24, 2.45) is 0 Å². The first kappa shape index (κ1) is 17.3. The molecule has 0 aromatic carbocycles. The standard InChI is InChI=1S/C14H25N3O4/c1-14(2,3)17(8-7-12(19)20)13(21)16(4)9-11(18)15-10-5-6-10/h10H,5-9H2,1-4H3,(H,15,18)(H,19,20). The quantitative estimate of drug-likeness (QED) is 0.762. The second-order valence-electron chi connectivity index (χ2n) is 6.45. The Morgan fingerprint density at radius 3 is 2.24 bits per heavy atom. The maximum absolute atomic E-state index is 12.4. The number of carboxylic acids is 1. The number of amides is 3. The van der Waals surface area contributed by atoms with Crippen LogP contribution in [0.5, 0.6) is 0 Å². The number of urea groups is 1. The first-order valence-corrected chi connectivity index (χ1v) is 7.15. The van der Waals surface area contributed by atoms with Crippen LogP contribution in [0.4, 0.5) is 4.79 Å². The van der Waals surface area contributed by atoms with Crippen LogP contribution in [0.2, 0.25) is 0 Å². The van der Waals surface area contributed by atoms with Gasteiger partial charge in [-0.05, 0) is 33.6 Å². The molecule has 1 saturated carbocycles. The Hall–Kier alpha value is -1.79. The average Bonchev–Trinajstić information content (AvgIpc) is 3.10. The van der Waals surface area contributed by atoms with E-state index in [2.05, 4.69) is 5.32 Å². The van der Waals surface area contributed by atoms with Crippen molar-refractivity contribution in [3.8, 4) is 0 Å². The summed E-state index contributed by atoms with van der Waals surface area (Å²) in [6.07, 6.45) is 1.87. The molecule has 7 nitrogen and oxygen atoms in total. The van der Waals surface area contributed by atoms with Crippen LogP contribution in [-0.2, 0) is 9.59 Å². The summed E-state index contributed by atoms with van der Waals surface area (Å²) in [4.78, 5) is 37.7. The summed E-state index contributed by atoms with van der Waals surface area (Å²) in [5.74, 6) is -1.13. The number of likely N-dealkylation sites (N-methyl/N-ethyl adjacent to an activating group) is 1. The lowest BCUT2D eigenvalue weighted by molar-refractivity contribution is -0.137. The number of aliphatic carboxylic acids is 1. The molecule has 0 aliphatic heterocycles. The number of hydrogen-bond acceptors (Lipinski definition) is 3. The maximum atomic E-state index is 12.4. The van der Waals surface area contributed by atoms with Gasteiger partial charge in [0.2, 0.25) is 5.91 Å². The Kier molecular flexibility index (Phi) is 5.57. The van der Waals surface area contributed by atoms with Gasteiger partial charge in [0.25, 0.3) is 0 Å². The molecule has 1 aliphatic carbocycles. The van der Waals surface area contributed by atoms with Crippen LogP contribution < -0.4 is 5.32 Å². The van der Waals surface area contributed by atoms with Crippen molar-refractivity contribution < 1.29 is 19.5 Å². The van der Waals surface area contributed by atoms with E-state index in [0.717, 1.165) is 12.8 Å². The van der Waals surface area contributed by atoms with Crippen LogP contribution in [0.3, 0.4) is 0 Å². The molecule has 120 valence electrons. The third-order valence-electron chi connectivity index (χ3n) is 3.24. The summed E-state index contributed by atoms with van der Waals surface area (Å²) in [5.41, 5.74) is -0.506. The van der Waals surface area contributed by atoms with Gasteiger partial charge in [-0.25, -0.2) is 4.79 Å². The van der Waals surface area contributed by atoms with Gasteiger partial charge in [0, 0.05) is 25.2 Å². The zero-order valence-electron chi connectivity index (χ0n) is 13.2. The van der Waals surface area contributed by atoms with Gasteiger partial charge in [0.05, 0.1) is 6.42 Å². The number of carboxylic acid groups (broad SMARTS) is 1. The smallest absolute Gasteiger partial charge is 0.320 e. The highest BCUT2D eigenvalue weighted by atomic mass is 16.4. The van der Waals surface area contributed by atoms with Crippen molar-refractivity contribution >= 4 is 17.9 Å². The second-order valence-corrected chi connectivity index (χ2v) is 6.45. The van der Waals surface area contributed by atoms with Gasteiger partial charge in [0.15, 0.2) is 0 Å². The highest BCUT2D eigenvalue weighted by Crippen LogP contribution is 2.19. The number of nitrogens with one attached hydrogen (secondary N) is 1. The Morgan fingerprint density at radius 2 is 1.81 bits per heavy atom. The van der Waals surface area contributed by atoms with Crippen LogP contribution >= 0.6 is 0 Å². The van der Waals surface area contributed by atoms with Gasteiger partial charge < -0.3 is 20.2 Å². The SMILES string of the molecule is CN(CC(=O)NC1CC1)C(=O)N(CCC(=O)O)C(C)(C)C. The number of hydrogen-bond donors (Lipinski definition) is 2. The fourth-order valence-electron chi connectivity index (χ4n) is 1.92. The lowest BCUT2D eigenvalue weighted by Crippen LogP contribution is -2.53. The Balaban J connectivity index is 2.59. The Labute approximate surface area is 125 Å². The molecule has 2 N–H and O–H groups in total. The predicted molar refractivity (Wildman–Crippen MR) is 77.9 cm³/mol. The number of nitrogens with zero attached hydrogens (tertiary/aromatic N) is 2. The summed E-state index contributed by atoms with van der Waals surface area (Å²) in [7, 11) is 1.55. The van der Waals surface area contributed by atoms with Crippen molar-refractivity contribution in [3.05, 3.63) is 0 Å². The van der Waals surface area contributed by atoms with Crippen molar-refractivity contribution in [1.82, 2.24) is 15.1 Å². The Bertz CT molecular complexity index is 413. The van der Waals surface area contributed by atoms with Gasteiger partial charge in [-0.1, -0.05) is 0 Å². The Morgan fingerprint density at radius 1 is 1.24 bits per heavy atom. The van der Waals surface area contributed by atoms with E-state index in [-0.39, 0.29) is 37.5 Å². The summed E-state index contributed by atoms with van der Waals surface area (Å²) in [5, 5.41) is 11.6. The topological polar surface area (TPSA) is 90.0 Å². The normalized spacial score (nSPS) is 14.5. The van der Waals surface area contributed by atoms with E-state index in [1.165, 1.54) is 9.80 Å². The van der Waals surface area contributed by atoms with Gasteiger partial charge in [-0.3, -0.25) is 9.59 Å². The lowest BCUT2D eigenvalue weighted by Gasteiger charge is -2.38. The highest BCUT2D eigenvalue weighted by Gasteiger charge is 2.30. The van der Waals surface area contributed by atoms with Gasteiger partial charge in [-0.15, -0.1) is 0 Å². The van der Waals surface area contributed by atoms with E-state index in [9.17, 15) is 14.4 Å². The fraction of sp³-hybridized carbons (Fsp3) is 0.786. The van der Waals surface area contributed by atoms with Gasteiger partial charge in [-0.2, -0.15) is 0 Å². The van der Waals surface area contributed by atoms with Gasteiger partial charge >= 0.3 is 12.0 Å². The molecule has 0 heterocycles. The van der Waals surface area contributed by atoms with Crippen molar-refractivity contribution in [3.63, 3.8) is 0 Å². The molecule has 0 aromatic heterocycles. The van der Waals surface area contributed by atoms with E-state index < -0.39 is 11.5 Å². The molecular formula is C14H25N3O4. The second kappa shape index (κ2) is 6.78. The predicted octanol–water partition coefficient (Wildman–Crippen LogP) is 0.892. The molecule has 7 heteroatoms. The monoisotopic (exact) mass is 299 g/mol. The largest absolute Gasteiger partial charge is 0.481 e. The third-order valence-corrected chi connectivity index (χ3v) is 3.24. The highest BCUT2D eigenvalue weighted by molar-refractivity contribution is 5.84. The van der Waals surface area contributed by atoms with Crippen molar-refractivity contribution in [1.29, 1.82) is 0 Å². The van der Waals surface area contributed by atoms with Crippen LogP contribution in [0, 0.1) is 0 Å². The minimum absolute atomic E-state index is 0.0189. The van der Waals surface area contributed by atoms with Crippen LogP contribution in [0.1, 0.15) is 40.0 Å². The third kappa shape index (κ3) is 6.01. The van der Waals surface area contributed by atoms with E-state index >= 15 is 0 Å². The summed E-state index contributed by atoms with van der Waals surface area (Å²) >= 11 is 0. The number of rotatable bonds is 6. The van der Waals surface area contributed by atoms with E-state index in [0.29, 0.717) is 0 Å². The molecular weight excluding hydrogens is 274 g/mol. The summed E-state index contributed by atoms with van der Waals surface area (Å²) in [6.45, 7) is 5.61. The van der Waals surface area contributed by atoms with Crippen molar-refractivity contribution in [2.75, 3.05) is 20.1 Å². The van der Waals surface area contributed by atoms with Crippen LogP contribution in [-0.4, -0.2) is 64.5 Å². The first-order valence-electron chi connectivity index (χ1n) is 7.15. The minimum Gasteiger partial charge on any atom is -0.481 e. The molecule has 0 unspecified atom stereocenters. The molecule has 21 heavy (non-hydrogen) atoms. The molecule has 1 aliphatic rings. The molecule has 0 bridgehead atoms. The van der Waals surface area contributed by atoms with E-state index in [1.54, 1.807) is 7.05 Å². The van der Waals surface area contributed by atoms with E-state index in [4.69, 9.17) is 5.11 Å². The number of carbonyl (C=O) groups excluding carboxylic acids is 2.